The molecule has 0 bridgehead atoms. The summed E-state index contributed by atoms with van der Waals surface area (Å²) in [4.78, 5) is 45.1. The fourth-order valence-corrected chi connectivity index (χ4v) is 6.48. The molecule has 0 radical (unpaired) electrons. The van der Waals surface area contributed by atoms with Crippen molar-refractivity contribution in [2.24, 2.45) is 11.7 Å². The van der Waals surface area contributed by atoms with Gasteiger partial charge in [0.1, 0.15) is 0 Å². The summed E-state index contributed by atoms with van der Waals surface area (Å²) < 4.78 is 16.7. The van der Waals surface area contributed by atoms with Crippen LogP contribution in [0.25, 0.3) is 0 Å². The van der Waals surface area contributed by atoms with Crippen molar-refractivity contribution in [3.8, 4) is 17.2 Å². The van der Waals surface area contributed by atoms with E-state index in [0.717, 1.165) is 24.0 Å². The number of fused-ring (bicyclic) bond motifs is 2. The van der Waals surface area contributed by atoms with Crippen LogP contribution in [0.1, 0.15) is 53.6 Å². The monoisotopic (exact) mass is 580 g/mol. The average molecular weight is 581 g/mol. The van der Waals surface area contributed by atoms with Crippen molar-refractivity contribution in [3.05, 3.63) is 53.1 Å². The molecule has 0 aromatic heterocycles. The molecule has 3 aliphatic heterocycles. The Balaban J connectivity index is 1.43. The molecule has 0 saturated carbocycles. The standard InChI is InChI=1S/C31H40N4O7/c1-3-4-11-33(13-10-32)27(36)18-35-17-23(21-14-25(40-2)29-26(15-21)41-19-42-29)28(31(38)39)24(35)9-12-34-16-20-7-5-6-8-22(20)30(34)37/h5-8,14-15,23-24,28H,3-4,9-13,16-19,32H2,1-2H3,(H,38,39). The molecule has 2 amide bonds. The minimum Gasteiger partial charge on any atom is -0.493 e. The van der Waals surface area contributed by atoms with E-state index >= 15 is 0 Å². The first-order valence-corrected chi connectivity index (χ1v) is 14.7. The van der Waals surface area contributed by atoms with Crippen LogP contribution in [0.5, 0.6) is 17.2 Å². The molecule has 11 nitrogen and oxygen atoms in total. The predicted molar refractivity (Wildman–Crippen MR) is 155 cm³/mol. The molecule has 11 heteroatoms. The van der Waals surface area contributed by atoms with E-state index in [-0.39, 0.29) is 25.2 Å². The van der Waals surface area contributed by atoms with E-state index in [1.54, 1.807) is 15.9 Å². The number of rotatable bonds is 13. The smallest absolute Gasteiger partial charge is 0.308 e. The minimum atomic E-state index is -0.947. The van der Waals surface area contributed by atoms with Crippen molar-refractivity contribution in [3.63, 3.8) is 0 Å². The molecule has 3 unspecified atom stereocenters. The zero-order chi connectivity index (χ0) is 29.8. The van der Waals surface area contributed by atoms with Crippen LogP contribution in [0.4, 0.5) is 0 Å². The lowest BCUT2D eigenvalue weighted by Crippen LogP contribution is -2.46. The van der Waals surface area contributed by atoms with Gasteiger partial charge >= 0.3 is 5.97 Å². The van der Waals surface area contributed by atoms with Crippen LogP contribution in [0.15, 0.2) is 36.4 Å². The molecule has 42 heavy (non-hydrogen) atoms. The number of hydrogen-bond acceptors (Lipinski definition) is 8. The maximum atomic E-state index is 13.5. The number of nitrogens with zero attached hydrogens (tertiary/aromatic N) is 3. The number of aliphatic carboxylic acids is 1. The SMILES string of the molecule is CCCCN(CCN)C(=O)CN1CC(c2cc(OC)c3c(c2)OCO3)C(C(=O)O)C1CCN1Cc2ccccc2C1=O. The summed E-state index contributed by atoms with van der Waals surface area (Å²) in [7, 11) is 1.53. The lowest BCUT2D eigenvalue weighted by molar-refractivity contribution is -0.143. The van der Waals surface area contributed by atoms with Crippen LogP contribution in [-0.4, -0.2) is 96.8 Å². The van der Waals surface area contributed by atoms with Gasteiger partial charge in [-0.15, -0.1) is 0 Å². The summed E-state index contributed by atoms with van der Waals surface area (Å²) >= 11 is 0. The molecule has 3 N–H and O–H groups in total. The first-order valence-electron chi connectivity index (χ1n) is 14.7. The van der Waals surface area contributed by atoms with Gasteiger partial charge in [0.25, 0.3) is 5.91 Å². The van der Waals surface area contributed by atoms with Gasteiger partial charge in [0, 0.05) is 56.8 Å². The summed E-state index contributed by atoms with van der Waals surface area (Å²) in [6.07, 6.45) is 2.22. The molecular weight excluding hydrogens is 540 g/mol. The van der Waals surface area contributed by atoms with Gasteiger partial charge in [-0.05, 0) is 42.2 Å². The van der Waals surface area contributed by atoms with Crippen molar-refractivity contribution < 1.29 is 33.7 Å². The van der Waals surface area contributed by atoms with Crippen molar-refractivity contribution >= 4 is 17.8 Å². The fourth-order valence-electron chi connectivity index (χ4n) is 6.48. The molecule has 1 saturated heterocycles. The Kier molecular flexibility index (Phi) is 9.18. The van der Waals surface area contributed by atoms with Gasteiger partial charge in [-0.25, -0.2) is 0 Å². The van der Waals surface area contributed by atoms with Gasteiger partial charge < -0.3 is 34.9 Å². The second-order valence-electron chi connectivity index (χ2n) is 11.1. The largest absolute Gasteiger partial charge is 0.493 e. The Bertz CT molecular complexity index is 1320. The van der Waals surface area contributed by atoms with E-state index in [0.29, 0.717) is 68.5 Å². The first-order chi connectivity index (χ1) is 20.4. The molecule has 226 valence electrons. The second kappa shape index (κ2) is 13.0. The van der Waals surface area contributed by atoms with Crippen LogP contribution in [-0.2, 0) is 16.1 Å². The quantitative estimate of drug-likeness (QED) is 0.366. The number of carbonyl (C=O) groups excluding carboxylic acids is 2. The van der Waals surface area contributed by atoms with E-state index in [1.165, 1.54) is 7.11 Å². The van der Waals surface area contributed by atoms with Gasteiger partial charge in [0.2, 0.25) is 18.4 Å². The van der Waals surface area contributed by atoms with E-state index in [1.807, 2.05) is 35.2 Å². The highest BCUT2D eigenvalue weighted by Gasteiger charge is 2.48. The van der Waals surface area contributed by atoms with Crippen molar-refractivity contribution in [1.82, 2.24) is 14.7 Å². The van der Waals surface area contributed by atoms with E-state index < -0.39 is 23.8 Å². The zero-order valence-corrected chi connectivity index (χ0v) is 24.3. The summed E-state index contributed by atoms with van der Waals surface area (Å²) in [5.74, 6) is -0.846. The normalized spacial score (nSPS) is 21.1. The average Bonchev–Trinajstić information content (AvgIpc) is 3.69. The Hall–Kier alpha value is -3.83. The summed E-state index contributed by atoms with van der Waals surface area (Å²) in [5.41, 5.74) is 8.22. The van der Waals surface area contributed by atoms with Crippen LogP contribution in [0.3, 0.4) is 0 Å². The van der Waals surface area contributed by atoms with Gasteiger partial charge in [0.15, 0.2) is 11.5 Å². The number of methoxy groups -OCH3 is 1. The van der Waals surface area contributed by atoms with Gasteiger partial charge in [-0.1, -0.05) is 31.5 Å². The molecule has 3 aliphatic rings. The highest BCUT2D eigenvalue weighted by atomic mass is 16.7. The lowest BCUT2D eigenvalue weighted by atomic mass is 9.84. The number of carbonyl (C=O) groups is 3. The Morgan fingerprint density at radius 2 is 2.00 bits per heavy atom. The second-order valence-corrected chi connectivity index (χ2v) is 11.1. The number of carboxylic acids is 1. The van der Waals surface area contributed by atoms with Crippen molar-refractivity contribution in [2.75, 3.05) is 53.2 Å². The van der Waals surface area contributed by atoms with Crippen LogP contribution >= 0.6 is 0 Å². The third kappa shape index (κ3) is 5.89. The highest BCUT2D eigenvalue weighted by Crippen LogP contribution is 2.47. The molecule has 3 heterocycles. The highest BCUT2D eigenvalue weighted by molar-refractivity contribution is 5.98. The molecule has 3 atom stereocenters. The molecule has 5 rings (SSSR count). The van der Waals surface area contributed by atoms with Crippen molar-refractivity contribution in [1.29, 1.82) is 0 Å². The van der Waals surface area contributed by atoms with E-state index in [2.05, 4.69) is 6.92 Å². The number of likely N-dealkylation sites (tertiary alicyclic amines) is 1. The van der Waals surface area contributed by atoms with Crippen LogP contribution in [0, 0.1) is 5.92 Å². The predicted octanol–water partition coefficient (Wildman–Crippen LogP) is 2.53. The minimum absolute atomic E-state index is 0.0520. The van der Waals surface area contributed by atoms with Gasteiger partial charge in [-0.2, -0.15) is 0 Å². The number of nitrogens with two attached hydrogens (primary N) is 1. The summed E-state index contributed by atoms with van der Waals surface area (Å²) in [5, 5.41) is 10.6. The molecule has 2 aromatic rings. The maximum absolute atomic E-state index is 13.5. The first kappa shape index (κ1) is 29.7. The number of hydrogen-bond donors (Lipinski definition) is 2. The van der Waals surface area contributed by atoms with Crippen molar-refractivity contribution in [2.45, 2.75) is 44.7 Å². The Morgan fingerprint density at radius 1 is 1.19 bits per heavy atom. The number of amides is 2. The number of benzene rings is 2. The molecule has 0 spiro atoms. The van der Waals surface area contributed by atoms with E-state index in [4.69, 9.17) is 19.9 Å². The molecule has 1 fully saturated rings. The lowest BCUT2D eigenvalue weighted by Gasteiger charge is -2.30. The van der Waals surface area contributed by atoms with Crippen LogP contribution < -0.4 is 19.9 Å². The maximum Gasteiger partial charge on any atom is 0.308 e. The van der Waals surface area contributed by atoms with Gasteiger partial charge in [-0.3, -0.25) is 19.3 Å². The zero-order valence-electron chi connectivity index (χ0n) is 24.3. The number of ether oxygens (including phenoxy) is 3. The topological polar surface area (TPSA) is 135 Å². The summed E-state index contributed by atoms with van der Waals surface area (Å²) in [6.45, 7) is 4.84. The molecule has 0 aliphatic carbocycles. The summed E-state index contributed by atoms with van der Waals surface area (Å²) in [6, 6.07) is 10.7. The number of unbranched alkanes of at least 4 members (excludes halogenated alkanes) is 1. The van der Waals surface area contributed by atoms with Gasteiger partial charge in [0.05, 0.1) is 19.6 Å². The third-order valence-corrected chi connectivity index (χ3v) is 8.60. The molecular formula is C31H40N4O7. The Morgan fingerprint density at radius 3 is 2.71 bits per heavy atom. The fraction of sp³-hybridized carbons (Fsp3) is 0.516. The van der Waals surface area contributed by atoms with Crippen LogP contribution in [0.2, 0.25) is 0 Å². The molecule has 2 aromatic carbocycles. The Labute approximate surface area is 246 Å². The number of carboxylic acid groups (broad SMARTS) is 1. The van der Waals surface area contributed by atoms with E-state index in [9.17, 15) is 19.5 Å². The third-order valence-electron chi connectivity index (χ3n) is 8.60.